The molecule has 1 N–H and O–H groups in total. The molecule has 5 nitrogen and oxygen atoms in total. The van der Waals surface area contributed by atoms with E-state index in [1.807, 2.05) is 7.05 Å². The molecule has 0 spiro atoms. The van der Waals surface area contributed by atoms with Crippen LogP contribution in [0.5, 0.6) is 0 Å². The van der Waals surface area contributed by atoms with Gasteiger partial charge in [-0.05, 0) is 46.6 Å². The van der Waals surface area contributed by atoms with Crippen molar-refractivity contribution in [2.45, 2.75) is 56.7 Å². The predicted molar refractivity (Wildman–Crippen MR) is 77.7 cm³/mol. The van der Waals surface area contributed by atoms with Gasteiger partial charge in [-0.15, -0.1) is 0 Å². The van der Waals surface area contributed by atoms with Crippen LogP contribution in [0.4, 0.5) is 0 Å². The monoisotopic (exact) mass is 284 g/mol. The third-order valence-electron chi connectivity index (χ3n) is 4.93. The van der Waals surface area contributed by atoms with Gasteiger partial charge in [0, 0.05) is 18.1 Å². The van der Waals surface area contributed by atoms with Gasteiger partial charge in [0.05, 0.1) is 20.3 Å². The van der Waals surface area contributed by atoms with E-state index in [0.717, 1.165) is 45.4 Å². The summed E-state index contributed by atoms with van der Waals surface area (Å²) in [5.41, 5.74) is -0.484. The highest BCUT2D eigenvalue weighted by Gasteiger charge is 2.46. The van der Waals surface area contributed by atoms with E-state index in [0.29, 0.717) is 6.04 Å². The Morgan fingerprint density at radius 2 is 2.20 bits per heavy atom. The second-order valence-electron chi connectivity index (χ2n) is 6.63. The molecule has 0 aromatic carbocycles. The van der Waals surface area contributed by atoms with E-state index in [9.17, 15) is 4.79 Å². The number of likely N-dealkylation sites (N-methyl/N-ethyl adjacent to an activating group) is 1. The molecule has 116 valence electrons. The first-order chi connectivity index (χ1) is 9.45. The maximum atomic E-state index is 12.2. The number of methoxy groups -OCH3 is 1. The molecule has 2 unspecified atom stereocenters. The number of esters is 1. The molecular weight excluding hydrogens is 256 g/mol. The van der Waals surface area contributed by atoms with Crippen LogP contribution in [0.2, 0.25) is 0 Å². The fourth-order valence-electron chi connectivity index (χ4n) is 3.77. The van der Waals surface area contributed by atoms with Crippen molar-refractivity contribution in [1.29, 1.82) is 0 Å². The molecule has 5 heteroatoms. The summed E-state index contributed by atoms with van der Waals surface area (Å²) in [6.45, 7) is 6.93. The average molecular weight is 284 g/mol. The van der Waals surface area contributed by atoms with Crippen molar-refractivity contribution in [1.82, 2.24) is 10.2 Å². The number of nitrogens with one attached hydrogen (secondary N) is 1. The Morgan fingerprint density at radius 3 is 2.80 bits per heavy atom. The van der Waals surface area contributed by atoms with Crippen LogP contribution in [0.3, 0.4) is 0 Å². The number of rotatable bonds is 3. The van der Waals surface area contributed by atoms with E-state index in [4.69, 9.17) is 9.47 Å². The van der Waals surface area contributed by atoms with Gasteiger partial charge in [-0.2, -0.15) is 0 Å². The zero-order valence-corrected chi connectivity index (χ0v) is 13.2. The Hall–Kier alpha value is -0.650. The molecule has 1 heterocycles. The van der Waals surface area contributed by atoms with Crippen LogP contribution in [0.15, 0.2) is 0 Å². The molecule has 1 saturated carbocycles. The van der Waals surface area contributed by atoms with Gasteiger partial charge in [0.2, 0.25) is 0 Å². The number of carbonyl (C=O) groups is 1. The van der Waals surface area contributed by atoms with Gasteiger partial charge >= 0.3 is 5.97 Å². The van der Waals surface area contributed by atoms with Crippen molar-refractivity contribution in [3.8, 4) is 0 Å². The molecule has 1 aliphatic carbocycles. The van der Waals surface area contributed by atoms with E-state index in [-0.39, 0.29) is 11.5 Å². The summed E-state index contributed by atoms with van der Waals surface area (Å²) in [6, 6.07) is 0.411. The fraction of sp³-hybridized carbons (Fsp3) is 0.933. The number of ether oxygens (including phenoxy) is 2. The van der Waals surface area contributed by atoms with Crippen LogP contribution in [0.1, 0.15) is 39.5 Å². The highest BCUT2D eigenvalue weighted by atomic mass is 16.5. The van der Waals surface area contributed by atoms with Gasteiger partial charge in [0.15, 0.2) is 0 Å². The third kappa shape index (κ3) is 2.85. The average Bonchev–Trinajstić information content (AvgIpc) is 2.45. The number of hydrogen-bond donors (Lipinski definition) is 1. The Bertz CT molecular complexity index is 359. The summed E-state index contributed by atoms with van der Waals surface area (Å²) in [5, 5.41) is 3.23. The first-order valence-electron chi connectivity index (χ1n) is 7.57. The van der Waals surface area contributed by atoms with Crippen molar-refractivity contribution in [3.05, 3.63) is 0 Å². The molecule has 1 saturated heterocycles. The molecule has 1 aliphatic heterocycles. The van der Waals surface area contributed by atoms with Crippen molar-refractivity contribution in [2.24, 2.45) is 0 Å². The first kappa shape index (κ1) is 15.7. The van der Waals surface area contributed by atoms with E-state index in [2.05, 4.69) is 24.1 Å². The van der Waals surface area contributed by atoms with Crippen molar-refractivity contribution in [2.75, 3.05) is 33.9 Å². The lowest BCUT2D eigenvalue weighted by Crippen LogP contribution is -2.63. The summed E-state index contributed by atoms with van der Waals surface area (Å²) >= 11 is 0. The van der Waals surface area contributed by atoms with Crippen LogP contribution in [-0.2, 0) is 14.3 Å². The smallest absolute Gasteiger partial charge is 0.326 e. The Morgan fingerprint density at radius 1 is 1.45 bits per heavy atom. The maximum absolute atomic E-state index is 12.2. The van der Waals surface area contributed by atoms with Gasteiger partial charge < -0.3 is 14.8 Å². The molecule has 0 aromatic heterocycles. The Balaban J connectivity index is 2.15. The molecule has 2 rings (SSSR count). The number of nitrogens with zero attached hydrogens (tertiary/aromatic N) is 1. The number of hydrogen-bond acceptors (Lipinski definition) is 5. The van der Waals surface area contributed by atoms with Crippen LogP contribution in [-0.4, -0.2) is 61.9 Å². The normalized spacial score (nSPS) is 34.7. The van der Waals surface area contributed by atoms with E-state index < -0.39 is 5.54 Å². The topological polar surface area (TPSA) is 50.8 Å². The predicted octanol–water partition coefficient (Wildman–Crippen LogP) is 1.17. The van der Waals surface area contributed by atoms with Crippen LogP contribution >= 0.6 is 0 Å². The first-order valence-corrected chi connectivity index (χ1v) is 7.57. The SMILES string of the molecule is CNC1(C(=O)OC)CCCC(N2CCOCC2(C)C)C1. The van der Waals surface area contributed by atoms with E-state index in [1.54, 1.807) is 0 Å². The highest BCUT2D eigenvalue weighted by molar-refractivity contribution is 5.81. The molecule has 2 aliphatic rings. The van der Waals surface area contributed by atoms with Gasteiger partial charge in [0.25, 0.3) is 0 Å². The van der Waals surface area contributed by atoms with Crippen LogP contribution in [0.25, 0.3) is 0 Å². The highest BCUT2D eigenvalue weighted by Crippen LogP contribution is 2.35. The molecule has 20 heavy (non-hydrogen) atoms. The molecule has 2 fully saturated rings. The van der Waals surface area contributed by atoms with Gasteiger partial charge in [-0.1, -0.05) is 0 Å². The zero-order chi connectivity index (χ0) is 14.8. The van der Waals surface area contributed by atoms with Crippen LogP contribution < -0.4 is 5.32 Å². The van der Waals surface area contributed by atoms with Crippen molar-refractivity contribution >= 4 is 5.97 Å². The maximum Gasteiger partial charge on any atom is 0.326 e. The van der Waals surface area contributed by atoms with Gasteiger partial charge in [0.1, 0.15) is 5.54 Å². The second kappa shape index (κ2) is 6.00. The molecule has 0 amide bonds. The Labute approximate surface area is 122 Å². The minimum Gasteiger partial charge on any atom is -0.468 e. The van der Waals surface area contributed by atoms with Crippen molar-refractivity contribution < 1.29 is 14.3 Å². The summed E-state index contributed by atoms with van der Waals surface area (Å²) < 4.78 is 10.6. The lowest BCUT2D eigenvalue weighted by molar-refractivity contribution is -0.152. The fourth-order valence-corrected chi connectivity index (χ4v) is 3.77. The largest absolute Gasteiger partial charge is 0.468 e. The van der Waals surface area contributed by atoms with Crippen molar-refractivity contribution in [3.63, 3.8) is 0 Å². The standard InChI is InChI=1S/C15H28N2O3/c1-14(2)11-20-9-8-17(14)12-6-5-7-15(10-12,16-3)13(18)19-4/h12,16H,5-11H2,1-4H3. The van der Waals surface area contributed by atoms with Crippen LogP contribution in [0, 0.1) is 0 Å². The molecule has 0 aromatic rings. The lowest BCUT2D eigenvalue weighted by Gasteiger charge is -2.50. The molecule has 0 radical (unpaired) electrons. The summed E-state index contributed by atoms with van der Waals surface area (Å²) in [6.07, 6.45) is 3.87. The van der Waals surface area contributed by atoms with Gasteiger partial charge in [-0.3, -0.25) is 9.69 Å². The summed E-state index contributed by atoms with van der Waals surface area (Å²) in [5.74, 6) is -0.129. The summed E-state index contributed by atoms with van der Waals surface area (Å²) in [4.78, 5) is 14.7. The van der Waals surface area contributed by atoms with E-state index in [1.165, 1.54) is 7.11 Å². The number of carbonyl (C=O) groups excluding carboxylic acids is 1. The minimum atomic E-state index is -0.522. The number of morpholine rings is 1. The summed E-state index contributed by atoms with van der Waals surface area (Å²) in [7, 11) is 3.34. The molecule has 2 atom stereocenters. The van der Waals surface area contributed by atoms with E-state index >= 15 is 0 Å². The minimum absolute atomic E-state index is 0.0376. The molecule has 0 bridgehead atoms. The second-order valence-corrected chi connectivity index (χ2v) is 6.63. The zero-order valence-electron chi connectivity index (χ0n) is 13.2. The lowest BCUT2D eigenvalue weighted by atomic mass is 9.77. The third-order valence-corrected chi connectivity index (χ3v) is 4.93. The quantitative estimate of drug-likeness (QED) is 0.789. The Kier molecular flexibility index (Phi) is 4.72. The van der Waals surface area contributed by atoms with Gasteiger partial charge in [-0.25, -0.2) is 0 Å². The molecular formula is C15H28N2O3.